The second-order valence-electron chi connectivity index (χ2n) is 5.06. The molecular formula is C14H20FNO. The molecule has 0 unspecified atom stereocenters. The van der Waals surface area contributed by atoms with E-state index >= 15 is 0 Å². The fraction of sp³-hybridized carbons (Fsp3) is 0.571. The zero-order valence-electron chi connectivity index (χ0n) is 10.5. The smallest absolute Gasteiger partial charge is 0.126 e. The maximum atomic E-state index is 13.2. The predicted molar refractivity (Wildman–Crippen MR) is 66.3 cm³/mol. The fourth-order valence-electron chi connectivity index (χ4n) is 2.61. The lowest BCUT2D eigenvalue weighted by Gasteiger charge is -2.36. The SMILES string of the molecule is CNC1CCC(O)(c2ccc(F)c(C)c2)CC1. The number of nitrogens with one attached hydrogen (secondary N) is 1. The van der Waals surface area contributed by atoms with Crippen molar-refractivity contribution in [2.75, 3.05) is 7.05 Å². The molecule has 2 N–H and O–H groups in total. The van der Waals surface area contributed by atoms with Gasteiger partial charge in [-0.3, -0.25) is 0 Å². The van der Waals surface area contributed by atoms with Crippen molar-refractivity contribution in [1.82, 2.24) is 5.32 Å². The van der Waals surface area contributed by atoms with E-state index in [9.17, 15) is 9.50 Å². The number of aliphatic hydroxyl groups is 1. The average Bonchev–Trinajstić information content (AvgIpc) is 2.33. The van der Waals surface area contributed by atoms with Gasteiger partial charge in [-0.25, -0.2) is 4.39 Å². The monoisotopic (exact) mass is 237 g/mol. The highest BCUT2D eigenvalue weighted by Gasteiger charge is 2.34. The van der Waals surface area contributed by atoms with E-state index in [-0.39, 0.29) is 5.82 Å². The first kappa shape index (κ1) is 12.5. The van der Waals surface area contributed by atoms with E-state index in [2.05, 4.69) is 5.32 Å². The molecule has 1 aliphatic carbocycles. The Balaban J connectivity index is 2.18. The topological polar surface area (TPSA) is 32.3 Å². The van der Waals surface area contributed by atoms with Crippen molar-refractivity contribution in [3.8, 4) is 0 Å². The molecule has 0 aromatic heterocycles. The summed E-state index contributed by atoms with van der Waals surface area (Å²) in [6.07, 6.45) is 3.40. The lowest BCUT2D eigenvalue weighted by molar-refractivity contribution is -0.00772. The molecule has 0 spiro atoms. The predicted octanol–water partition coefficient (Wildman–Crippen LogP) is 2.48. The van der Waals surface area contributed by atoms with Crippen molar-refractivity contribution >= 4 is 0 Å². The van der Waals surface area contributed by atoms with Crippen LogP contribution in [0.2, 0.25) is 0 Å². The van der Waals surface area contributed by atoms with Crippen LogP contribution in [0.3, 0.4) is 0 Å². The highest BCUT2D eigenvalue weighted by atomic mass is 19.1. The second-order valence-corrected chi connectivity index (χ2v) is 5.06. The van der Waals surface area contributed by atoms with Crippen LogP contribution in [0.15, 0.2) is 18.2 Å². The molecule has 17 heavy (non-hydrogen) atoms. The number of hydrogen-bond donors (Lipinski definition) is 2. The van der Waals surface area contributed by atoms with Crippen molar-refractivity contribution in [1.29, 1.82) is 0 Å². The van der Waals surface area contributed by atoms with Gasteiger partial charge in [-0.05, 0) is 56.8 Å². The molecule has 94 valence electrons. The van der Waals surface area contributed by atoms with Crippen LogP contribution in [-0.2, 0) is 5.60 Å². The van der Waals surface area contributed by atoms with Gasteiger partial charge in [0.2, 0.25) is 0 Å². The van der Waals surface area contributed by atoms with E-state index in [0.717, 1.165) is 31.2 Å². The highest BCUT2D eigenvalue weighted by Crippen LogP contribution is 2.37. The van der Waals surface area contributed by atoms with Crippen LogP contribution < -0.4 is 5.32 Å². The van der Waals surface area contributed by atoms with Crippen molar-refractivity contribution in [3.05, 3.63) is 35.1 Å². The zero-order chi connectivity index (χ0) is 12.5. The normalized spacial score (nSPS) is 29.3. The summed E-state index contributed by atoms with van der Waals surface area (Å²) in [6, 6.07) is 5.43. The van der Waals surface area contributed by atoms with Gasteiger partial charge in [-0.1, -0.05) is 12.1 Å². The van der Waals surface area contributed by atoms with Crippen LogP contribution in [0.25, 0.3) is 0 Å². The first-order chi connectivity index (χ1) is 8.05. The van der Waals surface area contributed by atoms with Crippen molar-refractivity contribution in [3.63, 3.8) is 0 Å². The Labute approximate surface area is 102 Å². The molecule has 0 heterocycles. The molecule has 0 bridgehead atoms. The number of rotatable bonds is 2. The lowest BCUT2D eigenvalue weighted by Crippen LogP contribution is -2.38. The molecule has 0 radical (unpaired) electrons. The summed E-state index contributed by atoms with van der Waals surface area (Å²) in [4.78, 5) is 0. The van der Waals surface area contributed by atoms with E-state index in [4.69, 9.17) is 0 Å². The summed E-state index contributed by atoms with van der Waals surface area (Å²) < 4.78 is 13.2. The Morgan fingerprint density at radius 1 is 1.35 bits per heavy atom. The number of hydrogen-bond acceptors (Lipinski definition) is 2. The maximum absolute atomic E-state index is 13.2. The largest absolute Gasteiger partial charge is 0.385 e. The summed E-state index contributed by atoms with van der Waals surface area (Å²) in [5.41, 5.74) is 0.684. The standard InChI is InChI=1S/C14H20FNO/c1-10-9-11(3-4-13(10)15)14(17)7-5-12(16-2)6-8-14/h3-4,9,12,16-17H,5-8H2,1-2H3. The molecule has 0 saturated heterocycles. The number of aryl methyl sites for hydroxylation is 1. The lowest BCUT2D eigenvalue weighted by atomic mass is 9.77. The number of halogens is 1. The van der Waals surface area contributed by atoms with Crippen molar-refractivity contribution in [2.45, 2.75) is 44.2 Å². The first-order valence-electron chi connectivity index (χ1n) is 6.21. The molecule has 1 aromatic rings. The summed E-state index contributed by atoms with van der Waals surface area (Å²) in [7, 11) is 1.96. The van der Waals surface area contributed by atoms with Crippen molar-refractivity contribution in [2.24, 2.45) is 0 Å². The zero-order valence-corrected chi connectivity index (χ0v) is 10.5. The van der Waals surface area contributed by atoms with Crippen LogP contribution in [-0.4, -0.2) is 18.2 Å². The molecule has 1 saturated carbocycles. The van der Waals surface area contributed by atoms with E-state index in [1.807, 2.05) is 7.05 Å². The van der Waals surface area contributed by atoms with Crippen LogP contribution in [0.5, 0.6) is 0 Å². The van der Waals surface area contributed by atoms with Gasteiger partial charge in [0.05, 0.1) is 5.60 Å². The van der Waals surface area contributed by atoms with Gasteiger partial charge in [0.15, 0.2) is 0 Å². The van der Waals surface area contributed by atoms with E-state index in [1.165, 1.54) is 6.07 Å². The second kappa shape index (κ2) is 4.75. The molecular weight excluding hydrogens is 217 g/mol. The third-order valence-electron chi connectivity index (χ3n) is 3.92. The van der Waals surface area contributed by atoms with Crippen LogP contribution in [0, 0.1) is 12.7 Å². The molecule has 1 aromatic carbocycles. The van der Waals surface area contributed by atoms with Crippen molar-refractivity contribution < 1.29 is 9.50 Å². The third kappa shape index (κ3) is 2.50. The molecule has 2 nitrogen and oxygen atoms in total. The van der Waals surface area contributed by atoms with Crippen LogP contribution in [0.1, 0.15) is 36.8 Å². The maximum Gasteiger partial charge on any atom is 0.126 e. The third-order valence-corrected chi connectivity index (χ3v) is 3.92. The van der Waals surface area contributed by atoms with Gasteiger partial charge < -0.3 is 10.4 Å². The molecule has 0 aliphatic heterocycles. The molecule has 3 heteroatoms. The molecule has 0 amide bonds. The Kier molecular flexibility index (Phi) is 3.50. The first-order valence-corrected chi connectivity index (χ1v) is 6.21. The van der Waals surface area contributed by atoms with Gasteiger partial charge >= 0.3 is 0 Å². The average molecular weight is 237 g/mol. The van der Waals surface area contributed by atoms with Gasteiger partial charge in [-0.2, -0.15) is 0 Å². The summed E-state index contributed by atoms with van der Waals surface area (Å²) in [5, 5.41) is 13.9. The van der Waals surface area contributed by atoms with Gasteiger partial charge in [0.1, 0.15) is 5.82 Å². The molecule has 2 rings (SSSR count). The summed E-state index contributed by atoms with van der Waals surface area (Å²) in [6.45, 7) is 1.74. The van der Waals surface area contributed by atoms with E-state index in [0.29, 0.717) is 11.6 Å². The summed E-state index contributed by atoms with van der Waals surface area (Å²) in [5.74, 6) is -0.207. The highest BCUT2D eigenvalue weighted by molar-refractivity contribution is 5.29. The minimum absolute atomic E-state index is 0.207. The Morgan fingerprint density at radius 2 is 2.00 bits per heavy atom. The molecule has 1 aliphatic rings. The van der Waals surface area contributed by atoms with Crippen LogP contribution in [0.4, 0.5) is 4.39 Å². The van der Waals surface area contributed by atoms with E-state index in [1.54, 1.807) is 19.1 Å². The summed E-state index contributed by atoms with van der Waals surface area (Å²) >= 11 is 0. The minimum atomic E-state index is -0.772. The Hall–Kier alpha value is -0.930. The molecule has 1 fully saturated rings. The Morgan fingerprint density at radius 3 is 2.53 bits per heavy atom. The quantitative estimate of drug-likeness (QED) is 0.828. The van der Waals surface area contributed by atoms with Gasteiger partial charge in [0.25, 0.3) is 0 Å². The Bertz CT molecular complexity index is 397. The van der Waals surface area contributed by atoms with Gasteiger partial charge in [-0.15, -0.1) is 0 Å². The van der Waals surface area contributed by atoms with Crippen LogP contribution >= 0.6 is 0 Å². The van der Waals surface area contributed by atoms with Gasteiger partial charge in [0, 0.05) is 6.04 Å². The molecule has 0 atom stereocenters. The van der Waals surface area contributed by atoms with E-state index < -0.39 is 5.60 Å². The number of benzene rings is 1. The minimum Gasteiger partial charge on any atom is -0.385 e. The fourth-order valence-corrected chi connectivity index (χ4v) is 2.61.